The zero-order chi connectivity index (χ0) is 12.4. The second kappa shape index (κ2) is 4.81. The van der Waals surface area contributed by atoms with Gasteiger partial charge >= 0.3 is 0 Å². The Morgan fingerprint density at radius 2 is 2.18 bits per heavy atom. The van der Waals surface area contributed by atoms with Gasteiger partial charge in [0.2, 0.25) is 0 Å². The molecule has 0 N–H and O–H groups in total. The minimum atomic E-state index is -0.799. The molecule has 2 rings (SSSR count). The molecular formula is C11H11ClN2O3. The van der Waals surface area contributed by atoms with E-state index in [2.05, 4.69) is 4.90 Å². The predicted molar refractivity (Wildman–Crippen MR) is 63.2 cm³/mol. The molecule has 0 unspecified atom stereocenters. The molecule has 0 aliphatic carbocycles. The van der Waals surface area contributed by atoms with Crippen LogP contribution in [-0.2, 0) is 6.54 Å². The molecule has 90 valence electrons. The fraction of sp³-hybridized carbons (Fsp3) is 0.364. The van der Waals surface area contributed by atoms with Gasteiger partial charge in [-0.25, -0.2) is 0 Å². The van der Waals surface area contributed by atoms with Crippen molar-refractivity contribution in [3.8, 4) is 0 Å². The molecule has 0 aromatic heterocycles. The Labute approximate surface area is 103 Å². The van der Waals surface area contributed by atoms with Crippen LogP contribution in [0.3, 0.4) is 0 Å². The summed E-state index contributed by atoms with van der Waals surface area (Å²) in [5, 5.41) is 10.0. The van der Waals surface area contributed by atoms with Crippen molar-refractivity contribution in [2.75, 3.05) is 13.1 Å². The average molecular weight is 255 g/mol. The molecule has 1 saturated heterocycles. The van der Waals surface area contributed by atoms with Gasteiger partial charge in [-0.15, -0.1) is 0 Å². The minimum Gasteiger partial charge on any atom is -0.299 e. The van der Waals surface area contributed by atoms with Crippen molar-refractivity contribution in [1.82, 2.24) is 4.90 Å². The maximum atomic E-state index is 11.0. The van der Waals surface area contributed by atoms with E-state index in [0.29, 0.717) is 6.54 Å². The SMILES string of the molecule is O=C(Cl)c1ccc(CN2CCC2)cc1[N+](=O)[O-]. The molecule has 1 fully saturated rings. The van der Waals surface area contributed by atoms with Crippen LogP contribution >= 0.6 is 11.6 Å². The molecule has 17 heavy (non-hydrogen) atoms. The highest BCUT2D eigenvalue weighted by molar-refractivity contribution is 6.68. The highest BCUT2D eigenvalue weighted by Crippen LogP contribution is 2.23. The third kappa shape index (κ3) is 2.62. The molecule has 5 nitrogen and oxygen atoms in total. The van der Waals surface area contributed by atoms with E-state index in [4.69, 9.17) is 11.6 Å². The van der Waals surface area contributed by atoms with E-state index in [1.807, 2.05) is 0 Å². The number of benzene rings is 1. The number of likely N-dealkylation sites (tertiary alicyclic amines) is 1. The number of hydrogen-bond donors (Lipinski definition) is 0. The number of nitro groups is 1. The fourth-order valence-electron chi connectivity index (χ4n) is 1.79. The Balaban J connectivity index is 2.27. The van der Waals surface area contributed by atoms with Crippen molar-refractivity contribution in [1.29, 1.82) is 0 Å². The van der Waals surface area contributed by atoms with E-state index >= 15 is 0 Å². The largest absolute Gasteiger partial charge is 0.299 e. The zero-order valence-corrected chi connectivity index (χ0v) is 9.81. The third-order valence-electron chi connectivity index (χ3n) is 2.83. The summed E-state index contributed by atoms with van der Waals surface area (Å²) in [4.78, 5) is 23.5. The van der Waals surface area contributed by atoms with Gasteiger partial charge in [-0.2, -0.15) is 0 Å². The highest BCUT2D eigenvalue weighted by Gasteiger charge is 2.21. The quantitative estimate of drug-likeness (QED) is 0.469. The van der Waals surface area contributed by atoms with E-state index in [0.717, 1.165) is 18.7 Å². The maximum absolute atomic E-state index is 11.0. The molecule has 1 heterocycles. The van der Waals surface area contributed by atoms with Crippen molar-refractivity contribution in [3.05, 3.63) is 39.4 Å². The topological polar surface area (TPSA) is 63.5 Å². The smallest absolute Gasteiger partial charge is 0.281 e. The van der Waals surface area contributed by atoms with Gasteiger partial charge in [-0.1, -0.05) is 6.07 Å². The first kappa shape index (κ1) is 12.0. The standard InChI is InChI=1S/C11H11ClN2O3/c12-11(15)9-3-2-8(6-10(9)14(16)17)7-13-4-1-5-13/h2-3,6H,1,4-5,7H2. The number of rotatable bonds is 4. The van der Waals surface area contributed by atoms with Crippen molar-refractivity contribution in [3.63, 3.8) is 0 Å². The van der Waals surface area contributed by atoms with E-state index in [-0.39, 0.29) is 11.3 Å². The Bertz CT molecular complexity index is 472. The molecule has 6 heteroatoms. The van der Waals surface area contributed by atoms with Crippen molar-refractivity contribution < 1.29 is 9.72 Å². The number of nitro benzene ring substituents is 1. The maximum Gasteiger partial charge on any atom is 0.281 e. The van der Waals surface area contributed by atoms with Gasteiger partial charge < -0.3 is 0 Å². The third-order valence-corrected chi connectivity index (χ3v) is 3.03. The molecule has 1 aliphatic rings. The van der Waals surface area contributed by atoms with Crippen molar-refractivity contribution in [2.45, 2.75) is 13.0 Å². The zero-order valence-electron chi connectivity index (χ0n) is 9.06. The molecule has 1 aromatic rings. The number of carbonyl (C=O) groups excluding carboxylic acids is 1. The monoisotopic (exact) mass is 254 g/mol. The lowest BCUT2D eigenvalue weighted by atomic mass is 10.1. The van der Waals surface area contributed by atoms with Gasteiger partial charge in [0.1, 0.15) is 5.56 Å². The summed E-state index contributed by atoms with van der Waals surface area (Å²) in [7, 11) is 0. The summed E-state index contributed by atoms with van der Waals surface area (Å²) in [6, 6.07) is 4.55. The summed E-state index contributed by atoms with van der Waals surface area (Å²) in [5.41, 5.74) is 0.560. The summed E-state index contributed by atoms with van der Waals surface area (Å²) in [6.45, 7) is 2.71. The van der Waals surface area contributed by atoms with Crippen molar-refractivity contribution >= 4 is 22.5 Å². The fourth-order valence-corrected chi connectivity index (χ4v) is 1.95. The van der Waals surface area contributed by atoms with Crippen LogP contribution in [0.4, 0.5) is 5.69 Å². The van der Waals surface area contributed by atoms with Crippen LogP contribution in [-0.4, -0.2) is 28.2 Å². The summed E-state index contributed by atoms with van der Waals surface area (Å²) in [6.07, 6.45) is 1.17. The Morgan fingerprint density at radius 1 is 1.47 bits per heavy atom. The minimum absolute atomic E-state index is 0.0518. The first-order valence-electron chi connectivity index (χ1n) is 5.27. The molecule has 1 aromatic carbocycles. The Kier molecular flexibility index (Phi) is 3.40. The molecule has 0 saturated carbocycles. The van der Waals surface area contributed by atoms with E-state index < -0.39 is 10.2 Å². The highest BCUT2D eigenvalue weighted by atomic mass is 35.5. The van der Waals surface area contributed by atoms with Crippen LogP contribution in [0, 0.1) is 10.1 Å². The van der Waals surface area contributed by atoms with E-state index in [1.165, 1.54) is 18.6 Å². The molecule has 0 atom stereocenters. The van der Waals surface area contributed by atoms with Gasteiger partial charge in [-0.3, -0.25) is 19.8 Å². The number of carbonyl (C=O) groups is 1. The molecule has 1 aliphatic heterocycles. The number of hydrogen-bond acceptors (Lipinski definition) is 4. The molecule has 0 bridgehead atoms. The number of halogens is 1. The second-order valence-corrected chi connectivity index (χ2v) is 4.36. The summed E-state index contributed by atoms with van der Waals surface area (Å²) >= 11 is 5.30. The lowest BCUT2D eigenvalue weighted by Gasteiger charge is -2.30. The molecule has 0 amide bonds. The van der Waals surface area contributed by atoms with Crippen LogP contribution in [0.25, 0.3) is 0 Å². The van der Waals surface area contributed by atoms with Crippen LogP contribution in [0.1, 0.15) is 22.3 Å². The normalized spacial score (nSPS) is 15.4. The molecular weight excluding hydrogens is 244 g/mol. The second-order valence-electron chi connectivity index (χ2n) is 4.01. The first-order chi connectivity index (χ1) is 8.08. The Hall–Kier alpha value is -1.46. The van der Waals surface area contributed by atoms with Crippen LogP contribution < -0.4 is 0 Å². The lowest BCUT2D eigenvalue weighted by molar-refractivity contribution is -0.385. The van der Waals surface area contributed by atoms with Gasteiger partial charge in [0.25, 0.3) is 10.9 Å². The van der Waals surface area contributed by atoms with Crippen LogP contribution in [0.5, 0.6) is 0 Å². The van der Waals surface area contributed by atoms with Gasteiger partial charge in [0, 0.05) is 12.6 Å². The van der Waals surface area contributed by atoms with Gasteiger partial charge in [0.15, 0.2) is 0 Å². The first-order valence-corrected chi connectivity index (χ1v) is 5.65. The average Bonchev–Trinajstić information content (AvgIpc) is 2.23. The van der Waals surface area contributed by atoms with Gasteiger partial charge in [-0.05, 0) is 42.7 Å². The summed E-state index contributed by atoms with van der Waals surface area (Å²) in [5.74, 6) is 0. The summed E-state index contributed by atoms with van der Waals surface area (Å²) < 4.78 is 0. The predicted octanol–water partition coefficient (Wildman–Crippen LogP) is 2.18. The molecule has 0 spiro atoms. The molecule has 0 radical (unpaired) electrons. The van der Waals surface area contributed by atoms with Crippen molar-refractivity contribution in [2.24, 2.45) is 0 Å². The lowest BCUT2D eigenvalue weighted by Crippen LogP contribution is -2.36. The van der Waals surface area contributed by atoms with Crippen LogP contribution in [0.2, 0.25) is 0 Å². The van der Waals surface area contributed by atoms with E-state index in [1.54, 1.807) is 6.07 Å². The van der Waals surface area contributed by atoms with E-state index in [9.17, 15) is 14.9 Å². The number of nitrogens with zero attached hydrogens (tertiary/aromatic N) is 2. The van der Waals surface area contributed by atoms with Crippen LogP contribution in [0.15, 0.2) is 18.2 Å². The van der Waals surface area contributed by atoms with Gasteiger partial charge in [0.05, 0.1) is 4.92 Å². The Morgan fingerprint density at radius 3 is 2.65 bits per heavy atom.